The normalized spacial score (nSPS) is 12.0. The van der Waals surface area contributed by atoms with Gasteiger partial charge in [0.1, 0.15) is 0 Å². The quantitative estimate of drug-likeness (QED) is 0.300. The van der Waals surface area contributed by atoms with Gasteiger partial charge in [0, 0.05) is 11.6 Å². The Morgan fingerprint density at radius 3 is 2.04 bits per heavy atom. The third-order valence-electron chi connectivity index (χ3n) is 3.80. The Hall–Kier alpha value is -3.34. The second kappa shape index (κ2) is 6.52. The van der Waals surface area contributed by atoms with Gasteiger partial charge in [-0.15, -0.1) is 0 Å². The van der Waals surface area contributed by atoms with Gasteiger partial charge in [-0.25, -0.2) is 22.0 Å². The molecule has 0 saturated carbocycles. The van der Waals surface area contributed by atoms with Crippen molar-refractivity contribution in [3.63, 3.8) is 0 Å². The molecule has 0 radical (unpaired) electrons. The van der Waals surface area contributed by atoms with Crippen molar-refractivity contribution < 1.29 is 26.7 Å². The molecule has 8 heteroatoms. The molecule has 1 heterocycles. The van der Waals surface area contributed by atoms with Crippen LogP contribution in [0.15, 0.2) is 36.5 Å². The van der Waals surface area contributed by atoms with Crippen molar-refractivity contribution in [1.82, 2.24) is 4.98 Å². The Morgan fingerprint density at radius 2 is 1.46 bits per heavy atom. The molecular weight excluding hydrogens is 355 g/mol. The zero-order valence-electron chi connectivity index (χ0n) is 12.7. The molecule has 1 aromatic heterocycles. The zero-order chi connectivity index (χ0) is 19.0. The highest BCUT2D eigenvalue weighted by Gasteiger charge is 2.34. The molecule has 130 valence electrons. The average Bonchev–Trinajstić information content (AvgIpc) is 2.65. The minimum absolute atomic E-state index is 0.167. The third-order valence-corrected chi connectivity index (χ3v) is 3.80. The van der Waals surface area contributed by atoms with E-state index >= 15 is 0 Å². The highest BCUT2D eigenvalue weighted by Crippen LogP contribution is 2.28. The molecule has 26 heavy (non-hydrogen) atoms. The Kier molecular flexibility index (Phi) is 4.38. The first kappa shape index (κ1) is 17.5. The Bertz CT molecular complexity index is 1060. The number of carbonyl (C=O) groups excluding carboxylic acids is 1. The number of hydrogen-bond donors (Lipinski definition) is 0. The number of pyridine rings is 1. The fourth-order valence-corrected chi connectivity index (χ4v) is 2.48. The summed E-state index contributed by atoms with van der Waals surface area (Å²) in [7, 11) is 0. The molecule has 0 aliphatic rings. The minimum atomic E-state index is -2.38. The number of carbonyl (C=O) groups is 1. The van der Waals surface area contributed by atoms with Gasteiger partial charge >= 0.3 is 0 Å². The van der Waals surface area contributed by atoms with E-state index in [1.54, 1.807) is 24.3 Å². The molecule has 0 saturated heterocycles. The van der Waals surface area contributed by atoms with E-state index in [2.05, 4.69) is 4.98 Å². The molecule has 0 bridgehead atoms. The SMILES string of the molecule is N#C[C@H](C(=O)c1c(F)c(F)c(F)c(F)c1F)c1cc2ccccc2cn1. The molecule has 0 aliphatic heterocycles. The molecule has 3 rings (SSSR count). The Balaban J connectivity index is 2.15. The summed E-state index contributed by atoms with van der Waals surface area (Å²) in [5.74, 6) is -14.9. The molecule has 0 spiro atoms. The number of fused-ring (bicyclic) bond motifs is 1. The van der Waals surface area contributed by atoms with Crippen molar-refractivity contribution in [2.75, 3.05) is 0 Å². The molecule has 0 amide bonds. The highest BCUT2D eigenvalue weighted by atomic mass is 19.2. The van der Waals surface area contributed by atoms with Crippen LogP contribution in [0.3, 0.4) is 0 Å². The van der Waals surface area contributed by atoms with Gasteiger partial charge in [0.15, 0.2) is 35.0 Å². The van der Waals surface area contributed by atoms with Gasteiger partial charge in [-0.2, -0.15) is 5.26 Å². The molecular formula is C18H7F5N2O. The van der Waals surface area contributed by atoms with Crippen molar-refractivity contribution in [3.05, 3.63) is 76.9 Å². The summed E-state index contributed by atoms with van der Waals surface area (Å²) >= 11 is 0. The molecule has 0 unspecified atom stereocenters. The molecule has 0 N–H and O–H groups in total. The monoisotopic (exact) mass is 362 g/mol. The van der Waals surface area contributed by atoms with Crippen LogP contribution >= 0.6 is 0 Å². The summed E-state index contributed by atoms with van der Waals surface area (Å²) in [6.07, 6.45) is 1.33. The number of benzene rings is 2. The number of aromatic nitrogens is 1. The molecule has 0 fully saturated rings. The van der Waals surface area contributed by atoms with E-state index in [9.17, 15) is 32.0 Å². The summed E-state index contributed by atoms with van der Waals surface area (Å²) < 4.78 is 67.5. The summed E-state index contributed by atoms with van der Waals surface area (Å²) in [6, 6.07) is 9.61. The van der Waals surface area contributed by atoms with Crippen molar-refractivity contribution >= 4 is 16.6 Å². The summed E-state index contributed by atoms with van der Waals surface area (Å²) in [6.45, 7) is 0. The van der Waals surface area contributed by atoms with E-state index in [4.69, 9.17) is 0 Å². The van der Waals surface area contributed by atoms with Crippen molar-refractivity contribution in [2.45, 2.75) is 5.92 Å². The van der Waals surface area contributed by atoms with Crippen molar-refractivity contribution in [1.29, 1.82) is 5.26 Å². The first-order valence-electron chi connectivity index (χ1n) is 7.16. The lowest BCUT2D eigenvalue weighted by atomic mass is 9.93. The highest BCUT2D eigenvalue weighted by molar-refractivity contribution is 6.03. The minimum Gasteiger partial charge on any atom is -0.292 e. The van der Waals surface area contributed by atoms with E-state index in [0.29, 0.717) is 10.8 Å². The van der Waals surface area contributed by atoms with Crippen LogP contribution in [-0.4, -0.2) is 10.8 Å². The van der Waals surface area contributed by atoms with Crippen molar-refractivity contribution in [2.24, 2.45) is 0 Å². The van der Waals surface area contributed by atoms with Gasteiger partial charge in [0.2, 0.25) is 5.82 Å². The summed E-state index contributed by atoms with van der Waals surface area (Å²) in [5, 5.41) is 10.5. The first-order valence-corrected chi connectivity index (χ1v) is 7.16. The van der Waals surface area contributed by atoms with Crippen molar-refractivity contribution in [3.8, 4) is 6.07 Å². The maximum atomic E-state index is 13.8. The van der Waals surface area contributed by atoms with Crippen LogP contribution in [0.5, 0.6) is 0 Å². The van der Waals surface area contributed by atoms with Crippen LogP contribution in [0.1, 0.15) is 22.0 Å². The van der Waals surface area contributed by atoms with Crippen LogP contribution in [0.25, 0.3) is 10.8 Å². The maximum absolute atomic E-state index is 13.8. The Morgan fingerprint density at radius 1 is 0.923 bits per heavy atom. The molecule has 3 aromatic rings. The number of ketones is 1. The largest absolute Gasteiger partial charge is 0.292 e. The lowest BCUT2D eigenvalue weighted by Gasteiger charge is -2.11. The number of nitrogens with zero attached hydrogens (tertiary/aromatic N) is 2. The van der Waals surface area contributed by atoms with E-state index < -0.39 is 46.4 Å². The van der Waals surface area contributed by atoms with Gasteiger partial charge in [0.05, 0.1) is 17.3 Å². The smallest absolute Gasteiger partial charge is 0.200 e. The number of nitriles is 1. The van der Waals surface area contributed by atoms with E-state index in [0.717, 1.165) is 0 Å². The fourth-order valence-electron chi connectivity index (χ4n) is 2.48. The third kappa shape index (κ3) is 2.67. The molecule has 1 atom stereocenters. The van der Waals surface area contributed by atoms with Crippen LogP contribution < -0.4 is 0 Å². The van der Waals surface area contributed by atoms with E-state index in [1.165, 1.54) is 18.3 Å². The first-order chi connectivity index (χ1) is 12.4. The number of halogens is 5. The van der Waals surface area contributed by atoms with Gasteiger partial charge in [-0.05, 0) is 11.5 Å². The summed E-state index contributed by atoms with van der Waals surface area (Å²) in [4.78, 5) is 16.3. The van der Waals surface area contributed by atoms with E-state index in [-0.39, 0.29) is 5.69 Å². The van der Waals surface area contributed by atoms with Gasteiger partial charge in [0.25, 0.3) is 0 Å². The summed E-state index contributed by atoms with van der Waals surface area (Å²) in [5.41, 5.74) is -1.83. The lowest BCUT2D eigenvalue weighted by Crippen LogP contribution is -2.19. The molecule has 0 aliphatic carbocycles. The zero-order valence-corrected chi connectivity index (χ0v) is 12.7. The van der Waals surface area contributed by atoms with Crippen LogP contribution in [0.2, 0.25) is 0 Å². The fraction of sp³-hybridized carbons (Fsp3) is 0.0556. The number of rotatable bonds is 3. The van der Waals surface area contributed by atoms with Gasteiger partial charge in [-0.1, -0.05) is 24.3 Å². The van der Waals surface area contributed by atoms with Gasteiger partial charge in [-0.3, -0.25) is 9.78 Å². The molecule has 3 nitrogen and oxygen atoms in total. The average molecular weight is 362 g/mol. The Labute approximate surface area is 143 Å². The second-order valence-electron chi connectivity index (χ2n) is 5.33. The lowest BCUT2D eigenvalue weighted by molar-refractivity contribution is 0.0966. The predicted octanol–water partition coefficient (Wildman–Crippen LogP) is 4.42. The molecule has 2 aromatic carbocycles. The predicted molar refractivity (Wildman–Crippen MR) is 80.7 cm³/mol. The second-order valence-corrected chi connectivity index (χ2v) is 5.33. The van der Waals surface area contributed by atoms with Crippen LogP contribution in [0, 0.1) is 40.4 Å². The van der Waals surface area contributed by atoms with Crippen LogP contribution in [0.4, 0.5) is 22.0 Å². The van der Waals surface area contributed by atoms with Gasteiger partial charge < -0.3 is 0 Å². The maximum Gasteiger partial charge on any atom is 0.200 e. The number of Topliss-reactive ketones (excluding diaryl/α,β-unsaturated/α-hetero) is 1. The number of hydrogen-bond acceptors (Lipinski definition) is 3. The van der Waals surface area contributed by atoms with E-state index in [1.807, 2.05) is 0 Å². The topological polar surface area (TPSA) is 53.8 Å². The standard InChI is InChI=1S/C18H7F5N2O/c19-13-12(14(20)16(22)17(23)15(13)21)18(26)10(6-24)11-5-8-3-1-2-4-9(8)7-25-11/h1-5,7,10H/t10-/m0/s1. The van der Waals surface area contributed by atoms with Crippen LogP contribution in [-0.2, 0) is 0 Å².